The summed E-state index contributed by atoms with van der Waals surface area (Å²) >= 11 is 0. The van der Waals surface area contributed by atoms with E-state index in [0.717, 1.165) is 24.3 Å². The van der Waals surface area contributed by atoms with Crippen molar-refractivity contribution in [3.63, 3.8) is 0 Å². The monoisotopic (exact) mass is 237 g/mol. The van der Waals surface area contributed by atoms with E-state index >= 15 is 0 Å². The first-order valence-corrected chi connectivity index (χ1v) is 6.03. The SMILES string of the molecule is CCCOc1cccc(C2OCC(CN)O2)c1. The second-order valence-corrected chi connectivity index (χ2v) is 4.08. The molecule has 2 N–H and O–H groups in total. The van der Waals surface area contributed by atoms with E-state index < -0.39 is 0 Å². The highest BCUT2D eigenvalue weighted by Crippen LogP contribution is 2.28. The zero-order chi connectivity index (χ0) is 12.1. The minimum atomic E-state index is -0.311. The van der Waals surface area contributed by atoms with Gasteiger partial charge >= 0.3 is 0 Å². The predicted molar refractivity (Wildman–Crippen MR) is 64.8 cm³/mol. The van der Waals surface area contributed by atoms with Crippen LogP contribution in [0.4, 0.5) is 0 Å². The van der Waals surface area contributed by atoms with Gasteiger partial charge in [-0.05, 0) is 18.6 Å². The maximum atomic E-state index is 5.65. The molecular formula is C13H19NO3. The Morgan fingerprint density at radius 2 is 2.35 bits per heavy atom. The Balaban J connectivity index is 2.01. The third kappa shape index (κ3) is 3.19. The summed E-state index contributed by atoms with van der Waals surface area (Å²) in [7, 11) is 0. The van der Waals surface area contributed by atoms with E-state index in [0.29, 0.717) is 13.2 Å². The molecule has 4 heteroatoms. The molecule has 0 aromatic heterocycles. The Kier molecular flexibility index (Phi) is 4.36. The molecule has 1 aliphatic rings. The normalized spacial score (nSPS) is 23.9. The molecular weight excluding hydrogens is 218 g/mol. The van der Waals surface area contributed by atoms with E-state index in [-0.39, 0.29) is 12.4 Å². The highest BCUT2D eigenvalue weighted by molar-refractivity contribution is 5.29. The second kappa shape index (κ2) is 6.00. The first-order chi connectivity index (χ1) is 8.33. The number of ether oxygens (including phenoxy) is 3. The molecule has 0 aliphatic carbocycles. The van der Waals surface area contributed by atoms with Gasteiger partial charge in [-0.25, -0.2) is 0 Å². The van der Waals surface area contributed by atoms with Gasteiger partial charge < -0.3 is 19.9 Å². The summed E-state index contributed by atoms with van der Waals surface area (Å²) in [5, 5.41) is 0. The summed E-state index contributed by atoms with van der Waals surface area (Å²) in [6.07, 6.45) is 0.685. The van der Waals surface area contributed by atoms with Crippen molar-refractivity contribution < 1.29 is 14.2 Å². The smallest absolute Gasteiger partial charge is 0.184 e. The average molecular weight is 237 g/mol. The molecule has 0 spiro atoms. The lowest BCUT2D eigenvalue weighted by molar-refractivity contribution is -0.0586. The van der Waals surface area contributed by atoms with Gasteiger partial charge in [0.2, 0.25) is 0 Å². The molecule has 1 saturated heterocycles. The predicted octanol–water partition coefficient (Wildman–Crippen LogP) is 1.85. The standard InChI is InChI=1S/C13H19NO3/c1-2-6-15-11-5-3-4-10(7-11)13-16-9-12(8-14)17-13/h3-5,7,12-13H,2,6,8-9,14H2,1H3. The Bertz CT molecular complexity index is 356. The molecule has 1 aromatic rings. The zero-order valence-corrected chi connectivity index (χ0v) is 10.1. The van der Waals surface area contributed by atoms with E-state index in [2.05, 4.69) is 6.92 Å². The van der Waals surface area contributed by atoms with Crippen molar-refractivity contribution in [3.8, 4) is 5.75 Å². The van der Waals surface area contributed by atoms with Gasteiger partial charge in [0.25, 0.3) is 0 Å². The lowest BCUT2D eigenvalue weighted by Crippen LogP contribution is -2.21. The van der Waals surface area contributed by atoms with Gasteiger partial charge in [0.05, 0.1) is 19.3 Å². The molecule has 1 heterocycles. The third-order valence-corrected chi connectivity index (χ3v) is 2.62. The molecule has 2 unspecified atom stereocenters. The van der Waals surface area contributed by atoms with Crippen LogP contribution in [0.5, 0.6) is 5.75 Å². The van der Waals surface area contributed by atoms with Crippen LogP contribution in [0.2, 0.25) is 0 Å². The highest BCUT2D eigenvalue weighted by atomic mass is 16.7. The molecule has 4 nitrogen and oxygen atoms in total. The van der Waals surface area contributed by atoms with E-state index in [1.165, 1.54) is 0 Å². The van der Waals surface area contributed by atoms with Crippen LogP contribution in [0.1, 0.15) is 25.2 Å². The van der Waals surface area contributed by atoms with Crippen molar-refractivity contribution in [3.05, 3.63) is 29.8 Å². The van der Waals surface area contributed by atoms with Crippen molar-refractivity contribution in [2.75, 3.05) is 19.8 Å². The summed E-state index contributed by atoms with van der Waals surface area (Å²) in [6, 6.07) is 7.82. The van der Waals surface area contributed by atoms with Crippen LogP contribution in [-0.2, 0) is 9.47 Å². The van der Waals surface area contributed by atoms with Gasteiger partial charge in [-0.2, -0.15) is 0 Å². The third-order valence-electron chi connectivity index (χ3n) is 2.62. The quantitative estimate of drug-likeness (QED) is 0.849. The van der Waals surface area contributed by atoms with Crippen LogP contribution < -0.4 is 10.5 Å². The number of benzene rings is 1. The van der Waals surface area contributed by atoms with Crippen LogP contribution in [0.25, 0.3) is 0 Å². The largest absolute Gasteiger partial charge is 0.494 e. The molecule has 17 heavy (non-hydrogen) atoms. The number of rotatable bonds is 5. The molecule has 2 atom stereocenters. The molecule has 94 valence electrons. The molecule has 2 rings (SSSR count). The topological polar surface area (TPSA) is 53.7 Å². The zero-order valence-electron chi connectivity index (χ0n) is 10.1. The van der Waals surface area contributed by atoms with E-state index in [4.69, 9.17) is 19.9 Å². The number of hydrogen-bond acceptors (Lipinski definition) is 4. The van der Waals surface area contributed by atoms with Crippen LogP contribution in [0.3, 0.4) is 0 Å². The van der Waals surface area contributed by atoms with Gasteiger partial charge in [-0.15, -0.1) is 0 Å². The van der Waals surface area contributed by atoms with Crippen LogP contribution in [-0.4, -0.2) is 25.9 Å². The van der Waals surface area contributed by atoms with Crippen molar-refractivity contribution in [1.82, 2.24) is 0 Å². The van der Waals surface area contributed by atoms with Crippen molar-refractivity contribution in [2.24, 2.45) is 5.73 Å². The van der Waals surface area contributed by atoms with Crippen molar-refractivity contribution >= 4 is 0 Å². The molecule has 1 aliphatic heterocycles. The fourth-order valence-electron chi connectivity index (χ4n) is 1.72. The second-order valence-electron chi connectivity index (χ2n) is 4.08. The van der Waals surface area contributed by atoms with Crippen LogP contribution in [0.15, 0.2) is 24.3 Å². The molecule has 0 radical (unpaired) electrons. The molecule has 0 amide bonds. The molecule has 0 saturated carbocycles. The van der Waals surface area contributed by atoms with E-state index in [1.807, 2.05) is 24.3 Å². The summed E-state index contributed by atoms with van der Waals surface area (Å²) in [5.74, 6) is 0.854. The molecule has 1 fully saturated rings. The van der Waals surface area contributed by atoms with E-state index in [9.17, 15) is 0 Å². The van der Waals surface area contributed by atoms with Gasteiger partial charge in [-0.1, -0.05) is 19.1 Å². The average Bonchev–Trinajstić information content (AvgIpc) is 2.85. The summed E-state index contributed by atoms with van der Waals surface area (Å²) in [4.78, 5) is 0. The Morgan fingerprint density at radius 3 is 3.06 bits per heavy atom. The summed E-state index contributed by atoms with van der Waals surface area (Å²) in [5.41, 5.74) is 6.52. The molecule has 0 bridgehead atoms. The lowest BCUT2D eigenvalue weighted by Gasteiger charge is -2.12. The lowest BCUT2D eigenvalue weighted by atomic mass is 10.2. The maximum absolute atomic E-state index is 5.65. The fraction of sp³-hybridized carbons (Fsp3) is 0.538. The van der Waals surface area contributed by atoms with Gasteiger partial charge in [0.15, 0.2) is 6.29 Å². The Morgan fingerprint density at radius 1 is 1.47 bits per heavy atom. The highest BCUT2D eigenvalue weighted by Gasteiger charge is 2.26. The van der Waals surface area contributed by atoms with Crippen LogP contribution in [0, 0.1) is 0 Å². The summed E-state index contributed by atoms with van der Waals surface area (Å²) in [6.45, 7) is 3.85. The maximum Gasteiger partial charge on any atom is 0.184 e. The van der Waals surface area contributed by atoms with E-state index in [1.54, 1.807) is 0 Å². The Hall–Kier alpha value is -1.10. The molecule has 1 aromatic carbocycles. The van der Waals surface area contributed by atoms with Gasteiger partial charge in [0, 0.05) is 12.1 Å². The Labute approximate surface area is 102 Å². The first-order valence-electron chi connectivity index (χ1n) is 6.03. The van der Waals surface area contributed by atoms with Gasteiger partial charge in [-0.3, -0.25) is 0 Å². The summed E-state index contributed by atoms with van der Waals surface area (Å²) < 4.78 is 16.8. The van der Waals surface area contributed by atoms with Crippen LogP contribution >= 0.6 is 0 Å². The fourth-order valence-corrected chi connectivity index (χ4v) is 1.72. The minimum Gasteiger partial charge on any atom is -0.494 e. The minimum absolute atomic E-state index is 0.000200. The van der Waals surface area contributed by atoms with Crippen molar-refractivity contribution in [2.45, 2.75) is 25.7 Å². The number of hydrogen-bond donors (Lipinski definition) is 1. The first kappa shape index (κ1) is 12.4. The van der Waals surface area contributed by atoms with Gasteiger partial charge in [0.1, 0.15) is 5.75 Å². The van der Waals surface area contributed by atoms with Crippen molar-refractivity contribution in [1.29, 1.82) is 0 Å². The number of nitrogens with two attached hydrogens (primary N) is 1.